The summed E-state index contributed by atoms with van der Waals surface area (Å²) >= 11 is 0. The third-order valence-electron chi connectivity index (χ3n) is 4.19. The van der Waals surface area contributed by atoms with Gasteiger partial charge in [0, 0.05) is 12.5 Å². The molecule has 2 N–H and O–H groups in total. The topological polar surface area (TPSA) is 44.5 Å². The first-order valence-electron chi connectivity index (χ1n) is 8.11. The van der Waals surface area contributed by atoms with Gasteiger partial charge in [-0.2, -0.15) is 0 Å². The van der Waals surface area contributed by atoms with E-state index in [0.717, 1.165) is 5.56 Å². The third-order valence-corrected chi connectivity index (χ3v) is 4.19. The summed E-state index contributed by atoms with van der Waals surface area (Å²) in [5, 5.41) is 0. The molecule has 3 nitrogen and oxygen atoms in total. The molecule has 0 spiro atoms. The van der Waals surface area contributed by atoms with Crippen molar-refractivity contribution in [2.75, 3.05) is 0 Å². The van der Waals surface area contributed by atoms with Gasteiger partial charge in [0.2, 0.25) is 0 Å². The molecule has 0 aliphatic heterocycles. The Morgan fingerprint density at radius 1 is 1.00 bits per heavy atom. The Labute approximate surface area is 140 Å². The highest BCUT2D eigenvalue weighted by molar-refractivity contribution is 5.32. The van der Waals surface area contributed by atoms with Gasteiger partial charge in [0.15, 0.2) is 6.10 Å². The monoisotopic (exact) mass is 333 g/mol. The van der Waals surface area contributed by atoms with Gasteiger partial charge in [0.05, 0.1) is 0 Å². The van der Waals surface area contributed by atoms with Gasteiger partial charge in [-0.3, -0.25) is 0 Å². The molecule has 5 heteroatoms. The molecule has 3 rings (SSSR count). The fourth-order valence-corrected chi connectivity index (χ4v) is 2.86. The highest BCUT2D eigenvalue weighted by Gasteiger charge is 2.47. The zero-order valence-corrected chi connectivity index (χ0v) is 13.3. The molecule has 128 valence electrons. The summed E-state index contributed by atoms with van der Waals surface area (Å²) in [6.45, 7) is 0.451. The molecule has 1 saturated carbocycles. The van der Waals surface area contributed by atoms with Crippen molar-refractivity contribution in [2.24, 2.45) is 5.73 Å². The van der Waals surface area contributed by atoms with E-state index in [1.165, 1.54) is 0 Å². The van der Waals surface area contributed by atoms with E-state index in [2.05, 4.69) is 0 Å². The predicted octanol–water partition coefficient (Wildman–Crippen LogP) is 4.16. The average Bonchev–Trinajstić information content (AvgIpc) is 2.58. The Bertz CT molecular complexity index is 646. The molecule has 1 aliphatic rings. The minimum atomic E-state index is -2.89. The molecule has 2 aromatic carbocycles. The summed E-state index contributed by atoms with van der Waals surface area (Å²) in [5.74, 6) is -1.85. The quantitative estimate of drug-likeness (QED) is 0.893. The summed E-state index contributed by atoms with van der Waals surface area (Å²) in [6.07, 6.45) is -0.468. The van der Waals surface area contributed by atoms with E-state index in [0.29, 0.717) is 30.9 Å². The fraction of sp³-hybridized carbons (Fsp3) is 0.368. The molecular weight excluding hydrogens is 312 g/mol. The van der Waals surface area contributed by atoms with Crippen molar-refractivity contribution in [2.45, 2.75) is 43.9 Å². The van der Waals surface area contributed by atoms with Crippen molar-refractivity contribution in [3.63, 3.8) is 0 Å². The van der Waals surface area contributed by atoms with Crippen LogP contribution in [0.2, 0.25) is 0 Å². The van der Waals surface area contributed by atoms with Crippen LogP contribution >= 0.6 is 0 Å². The van der Waals surface area contributed by atoms with Gasteiger partial charge in [-0.1, -0.05) is 30.3 Å². The zero-order chi connectivity index (χ0) is 17.0. The fourth-order valence-electron chi connectivity index (χ4n) is 2.86. The maximum Gasteiger partial charge on any atom is 0.285 e. The first kappa shape index (κ1) is 16.7. The summed E-state index contributed by atoms with van der Waals surface area (Å²) < 4.78 is 39.1. The lowest BCUT2D eigenvalue weighted by Crippen LogP contribution is -2.53. The summed E-state index contributed by atoms with van der Waals surface area (Å²) in [5.41, 5.74) is 6.88. The van der Waals surface area contributed by atoms with E-state index in [9.17, 15) is 8.78 Å². The Balaban J connectivity index is 1.60. The van der Waals surface area contributed by atoms with Crippen LogP contribution in [-0.4, -0.2) is 18.1 Å². The molecular formula is C19H21F2NO2. The van der Waals surface area contributed by atoms with E-state index in [1.54, 1.807) is 24.3 Å². The normalized spacial score (nSPS) is 22.8. The number of ether oxygens (including phenoxy) is 2. The van der Waals surface area contributed by atoms with Crippen LogP contribution < -0.4 is 15.2 Å². The minimum Gasteiger partial charge on any atom is -0.489 e. The molecule has 0 amide bonds. The van der Waals surface area contributed by atoms with E-state index >= 15 is 0 Å². The van der Waals surface area contributed by atoms with Crippen LogP contribution in [0.3, 0.4) is 0 Å². The lowest BCUT2D eigenvalue weighted by Gasteiger charge is -2.35. The SMILES string of the molecule is NC1CCCC(F)(F)C1Oc1ccc(OCc2ccccc2)cc1. The van der Waals surface area contributed by atoms with Gasteiger partial charge in [0.25, 0.3) is 5.92 Å². The minimum absolute atomic E-state index is 0.177. The van der Waals surface area contributed by atoms with Crippen LogP contribution in [0.25, 0.3) is 0 Å². The number of nitrogens with two attached hydrogens (primary N) is 1. The second-order valence-corrected chi connectivity index (χ2v) is 6.10. The smallest absolute Gasteiger partial charge is 0.285 e. The van der Waals surface area contributed by atoms with Crippen molar-refractivity contribution in [1.29, 1.82) is 0 Å². The van der Waals surface area contributed by atoms with Crippen molar-refractivity contribution in [1.82, 2.24) is 0 Å². The number of benzene rings is 2. The number of hydrogen-bond donors (Lipinski definition) is 1. The van der Waals surface area contributed by atoms with Gasteiger partial charge < -0.3 is 15.2 Å². The molecule has 0 bridgehead atoms. The largest absolute Gasteiger partial charge is 0.489 e. The number of rotatable bonds is 5. The van der Waals surface area contributed by atoms with Gasteiger partial charge in [0.1, 0.15) is 18.1 Å². The summed E-state index contributed by atoms with van der Waals surface area (Å²) in [4.78, 5) is 0. The van der Waals surface area contributed by atoms with Gasteiger partial charge >= 0.3 is 0 Å². The van der Waals surface area contributed by atoms with Crippen LogP contribution in [0.15, 0.2) is 54.6 Å². The van der Waals surface area contributed by atoms with Crippen LogP contribution in [0.1, 0.15) is 24.8 Å². The van der Waals surface area contributed by atoms with Crippen molar-refractivity contribution < 1.29 is 18.3 Å². The maximum atomic E-state index is 14.0. The lowest BCUT2D eigenvalue weighted by atomic mass is 9.89. The number of halogens is 2. The predicted molar refractivity (Wildman–Crippen MR) is 88.4 cm³/mol. The van der Waals surface area contributed by atoms with Crippen molar-refractivity contribution in [3.8, 4) is 11.5 Å². The van der Waals surface area contributed by atoms with Gasteiger partial charge in [-0.05, 0) is 42.7 Å². The molecule has 0 radical (unpaired) electrons. The zero-order valence-electron chi connectivity index (χ0n) is 13.3. The third kappa shape index (κ3) is 4.03. The lowest BCUT2D eigenvalue weighted by molar-refractivity contribution is -0.126. The van der Waals surface area contributed by atoms with E-state index in [-0.39, 0.29) is 6.42 Å². The first-order valence-corrected chi connectivity index (χ1v) is 8.11. The molecule has 1 aliphatic carbocycles. The van der Waals surface area contributed by atoms with Crippen molar-refractivity contribution in [3.05, 3.63) is 60.2 Å². The van der Waals surface area contributed by atoms with Crippen LogP contribution in [0.4, 0.5) is 8.78 Å². The van der Waals surface area contributed by atoms with Crippen LogP contribution in [-0.2, 0) is 6.61 Å². The highest BCUT2D eigenvalue weighted by atomic mass is 19.3. The first-order chi connectivity index (χ1) is 11.5. The van der Waals surface area contributed by atoms with Gasteiger partial charge in [-0.15, -0.1) is 0 Å². The molecule has 24 heavy (non-hydrogen) atoms. The molecule has 0 aromatic heterocycles. The summed E-state index contributed by atoms with van der Waals surface area (Å²) in [6, 6.07) is 15.8. The molecule has 2 aromatic rings. The van der Waals surface area contributed by atoms with Gasteiger partial charge in [-0.25, -0.2) is 8.78 Å². The number of hydrogen-bond acceptors (Lipinski definition) is 3. The maximum absolute atomic E-state index is 14.0. The average molecular weight is 333 g/mol. The molecule has 0 heterocycles. The second kappa shape index (κ2) is 7.18. The Morgan fingerprint density at radius 2 is 1.67 bits per heavy atom. The Morgan fingerprint density at radius 3 is 2.33 bits per heavy atom. The Kier molecular flexibility index (Phi) is 5.00. The Hall–Kier alpha value is -2.14. The van der Waals surface area contributed by atoms with E-state index in [1.807, 2.05) is 30.3 Å². The highest BCUT2D eigenvalue weighted by Crippen LogP contribution is 2.36. The van der Waals surface area contributed by atoms with E-state index in [4.69, 9.17) is 15.2 Å². The number of alkyl halides is 2. The summed E-state index contributed by atoms with van der Waals surface area (Å²) in [7, 11) is 0. The second-order valence-electron chi connectivity index (χ2n) is 6.10. The van der Waals surface area contributed by atoms with E-state index < -0.39 is 18.1 Å². The molecule has 1 fully saturated rings. The molecule has 0 saturated heterocycles. The molecule has 2 unspecified atom stereocenters. The standard InChI is InChI=1S/C19H21F2NO2/c20-19(21)12-4-7-17(22)18(19)24-16-10-8-15(9-11-16)23-13-14-5-2-1-3-6-14/h1-3,5-6,8-11,17-18H,4,7,12-13,22H2. The van der Waals surface area contributed by atoms with Crippen LogP contribution in [0.5, 0.6) is 11.5 Å². The van der Waals surface area contributed by atoms with Crippen LogP contribution in [0, 0.1) is 0 Å². The van der Waals surface area contributed by atoms with Crippen molar-refractivity contribution >= 4 is 0 Å². The molecule has 2 atom stereocenters.